The normalized spacial score (nSPS) is 11.8. The molecule has 0 saturated heterocycles. The number of benzene rings is 1. The lowest BCUT2D eigenvalue weighted by atomic mass is 10.1. The number of aliphatic imine (C=N–C) groups is 1. The van der Waals surface area contributed by atoms with Crippen LogP contribution in [0.5, 0.6) is 0 Å². The predicted octanol–water partition coefficient (Wildman–Crippen LogP) is 2.72. The third-order valence-electron chi connectivity index (χ3n) is 3.31. The first-order valence-electron chi connectivity index (χ1n) is 7.70. The second-order valence-electron chi connectivity index (χ2n) is 5.57. The van der Waals surface area contributed by atoms with Crippen LogP contribution in [0, 0.1) is 12.8 Å². The van der Waals surface area contributed by atoms with E-state index in [1.165, 1.54) is 11.1 Å². The van der Waals surface area contributed by atoms with Gasteiger partial charge in [-0.1, -0.05) is 38.1 Å². The average molecular weight is 291 g/mol. The van der Waals surface area contributed by atoms with Crippen LogP contribution in [0.1, 0.15) is 31.4 Å². The summed E-state index contributed by atoms with van der Waals surface area (Å²) < 4.78 is 5.58. The van der Waals surface area contributed by atoms with Crippen molar-refractivity contribution in [2.24, 2.45) is 10.9 Å². The van der Waals surface area contributed by atoms with Crippen molar-refractivity contribution in [3.63, 3.8) is 0 Å². The molecule has 2 N–H and O–H groups in total. The fourth-order valence-corrected chi connectivity index (χ4v) is 1.87. The van der Waals surface area contributed by atoms with E-state index in [1.54, 1.807) is 7.05 Å². The van der Waals surface area contributed by atoms with E-state index in [-0.39, 0.29) is 0 Å². The van der Waals surface area contributed by atoms with Gasteiger partial charge in [-0.15, -0.1) is 0 Å². The maximum absolute atomic E-state index is 5.58. The van der Waals surface area contributed by atoms with Crippen LogP contribution < -0.4 is 10.6 Å². The quantitative estimate of drug-likeness (QED) is 0.440. The molecule has 1 aromatic carbocycles. The summed E-state index contributed by atoms with van der Waals surface area (Å²) in [5.74, 6) is 1.51. The van der Waals surface area contributed by atoms with Crippen LogP contribution in [0.3, 0.4) is 0 Å². The Morgan fingerprint density at radius 1 is 1.19 bits per heavy atom. The highest BCUT2D eigenvalue weighted by Gasteiger charge is 2.00. The van der Waals surface area contributed by atoms with Crippen molar-refractivity contribution in [3.05, 3.63) is 35.4 Å². The first-order chi connectivity index (χ1) is 10.1. The second kappa shape index (κ2) is 10.2. The fraction of sp³-hybridized carbons (Fsp3) is 0.588. The molecule has 0 aliphatic heterocycles. The molecule has 0 aliphatic carbocycles. The number of ether oxygens (including phenoxy) is 1. The Labute approximate surface area is 129 Å². The molecule has 0 fully saturated rings. The average Bonchev–Trinajstić information content (AvgIpc) is 2.47. The van der Waals surface area contributed by atoms with Gasteiger partial charge in [-0.05, 0) is 30.4 Å². The van der Waals surface area contributed by atoms with Crippen LogP contribution in [0.2, 0.25) is 0 Å². The molecule has 21 heavy (non-hydrogen) atoms. The fourth-order valence-electron chi connectivity index (χ4n) is 1.87. The molecular formula is C17H29N3O. The molecular weight excluding hydrogens is 262 g/mol. The largest absolute Gasteiger partial charge is 0.380 e. The molecule has 0 spiro atoms. The van der Waals surface area contributed by atoms with E-state index in [2.05, 4.69) is 60.7 Å². The van der Waals surface area contributed by atoms with Crippen LogP contribution in [0.4, 0.5) is 0 Å². The molecule has 0 unspecified atom stereocenters. The molecule has 0 aromatic heterocycles. The van der Waals surface area contributed by atoms with Crippen molar-refractivity contribution in [1.82, 2.24) is 10.6 Å². The SMILES string of the molecule is CN=C(NCCOCCC(C)C)NCc1ccccc1C. The van der Waals surface area contributed by atoms with Gasteiger partial charge in [0.2, 0.25) is 0 Å². The Morgan fingerprint density at radius 2 is 1.95 bits per heavy atom. The topological polar surface area (TPSA) is 45.7 Å². The molecule has 118 valence electrons. The van der Waals surface area contributed by atoms with E-state index >= 15 is 0 Å². The van der Waals surface area contributed by atoms with E-state index in [4.69, 9.17) is 4.74 Å². The summed E-state index contributed by atoms with van der Waals surface area (Å²) in [5, 5.41) is 6.58. The van der Waals surface area contributed by atoms with Crippen LogP contribution in [0.15, 0.2) is 29.3 Å². The van der Waals surface area contributed by atoms with Gasteiger partial charge >= 0.3 is 0 Å². The minimum Gasteiger partial charge on any atom is -0.380 e. The predicted molar refractivity (Wildman–Crippen MR) is 89.7 cm³/mol. The molecule has 0 atom stereocenters. The molecule has 0 radical (unpaired) electrons. The zero-order chi connectivity index (χ0) is 15.5. The highest BCUT2D eigenvalue weighted by atomic mass is 16.5. The smallest absolute Gasteiger partial charge is 0.191 e. The summed E-state index contributed by atoms with van der Waals surface area (Å²) in [6.45, 7) is 9.62. The Kier molecular flexibility index (Phi) is 8.51. The number of hydrogen-bond donors (Lipinski definition) is 2. The van der Waals surface area contributed by atoms with Crippen molar-refractivity contribution < 1.29 is 4.74 Å². The zero-order valence-corrected chi connectivity index (χ0v) is 13.8. The van der Waals surface area contributed by atoms with Crippen LogP contribution in [0.25, 0.3) is 0 Å². The third-order valence-corrected chi connectivity index (χ3v) is 3.31. The first-order valence-corrected chi connectivity index (χ1v) is 7.70. The van der Waals surface area contributed by atoms with Gasteiger partial charge in [0.05, 0.1) is 6.61 Å². The highest BCUT2D eigenvalue weighted by Crippen LogP contribution is 2.05. The van der Waals surface area contributed by atoms with Crippen LogP contribution in [-0.2, 0) is 11.3 Å². The van der Waals surface area contributed by atoms with E-state index in [9.17, 15) is 0 Å². The monoisotopic (exact) mass is 291 g/mol. The van der Waals surface area contributed by atoms with Crippen molar-refractivity contribution >= 4 is 5.96 Å². The number of rotatable bonds is 8. The third kappa shape index (κ3) is 7.71. The molecule has 1 aromatic rings. The summed E-state index contributed by atoms with van der Waals surface area (Å²) in [6, 6.07) is 8.36. The summed E-state index contributed by atoms with van der Waals surface area (Å²) in [7, 11) is 1.78. The molecule has 0 bridgehead atoms. The number of guanidine groups is 1. The number of nitrogens with one attached hydrogen (secondary N) is 2. The lowest BCUT2D eigenvalue weighted by Gasteiger charge is -2.13. The molecule has 4 nitrogen and oxygen atoms in total. The van der Waals surface area contributed by atoms with Gasteiger partial charge in [-0.3, -0.25) is 4.99 Å². The number of aryl methyl sites for hydroxylation is 1. The van der Waals surface area contributed by atoms with Crippen molar-refractivity contribution in [1.29, 1.82) is 0 Å². The van der Waals surface area contributed by atoms with E-state index in [1.807, 2.05) is 0 Å². The summed E-state index contributed by atoms with van der Waals surface area (Å²) in [6.07, 6.45) is 1.11. The standard InChI is InChI=1S/C17H29N3O/c1-14(2)9-11-21-12-10-19-17(18-4)20-13-16-8-6-5-7-15(16)3/h5-8,14H,9-13H2,1-4H3,(H2,18,19,20). The summed E-state index contributed by atoms with van der Waals surface area (Å²) >= 11 is 0. The van der Waals surface area contributed by atoms with Gasteiger partial charge in [0.25, 0.3) is 0 Å². The van der Waals surface area contributed by atoms with E-state index in [0.717, 1.165) is 32.1 Å². The lowest BCUT2D eigenvalue weighted by molar-refractivity contribution is 0.128. The van der Waals surface area contributed by atoms with Crippen molar-refractivity contribution in [3.8, 4) is 0 Å². The van der Waals surface area contributed by atoms with Gasteiger partial charge < -0.3 is 15.4 Å². The molecule has 0 saturated carbocycles. The van der Waals surface area contributed by atoms with Gasteiger partial charge in [0.1, 0.15) is 0 Å². The van der Waals surface area contributed by atoms with E-state index in [0.29, 0.717) is 12.5 Å². The Morgan fingerprint density at radius 3 is 2.62 bits per heavy atom. The molecule has 4 heteroatoms. The Hall–Kier alpha value is -1.55. The molecule has 0 aliphatic rings. The van der Waals surface area contributed by atoms with Crippen molar-refractivity contribution in [2.45, 2.75) is 33.7 Å². The number of nitrogens with zero attached hydrogens (tertiary/aromatic N) is 1. The van der Waals surface area contributed by atoms with E-state index < -0.39 is 0 Å². The maximum atomic E-state index is 5.58. The number of hydrogen-bond acceptors (Lipinski definition) is 2. The maximum Gasteiger partial charge on any atom is 0.191 e. The first kappa shape index (κ1) is 17.5. The molecule has 0 heterocycles. The zero-order valence-electron chi connectivity index (χ0n) is 13.8. The van der Waals surface area contributed by atoms with Crippen LogP contribution in [-0.4, -0.2) is 32.8 Å². The van der Waals surface area contributed by atoms with Gasteiger partial charge in [-0.2, -0.15) is 0 Å². The summed E-state index contributed by atoms with van der Waals surface area (Å²) in [5.41, 5.74) is 2.58. The molecule has 1 rings (SSSR count). The van der Waals surface area contributed by atoms with Gasteiger partial charge in [0, 0.05) is 26.7 Å². The van der Waals surface area contributed by atoms with Crippen LogP contribution >= 0.6 is 0 Å². The lowest BCUT2D eigenvalue weighted by Crippen LogP contribution is -2.38. The highest BCUT2D eigenvalue weighted by molar-refractivity contribution is 5.79. The Bertz CT molecular complexity index is 430. The second-order valence-corrected chi connectivity index (χ2v) is 5.57. The minimum atomic E-state index is 0.696. The molecule has 0 amide bonds. The van der Waals surface area contributed by atoms with Crippen molar-refractivity contribution in [2.75, 3.05) is 26.8 Å². The van der Waals surface area contributed by atoms with Gasteiger partial charge in [0.15, 0.2) is 5.96 Å². The Balaban J connectivity index is 2.19. The summed E-state index contributed by atoms with van der Waals surface area (Å²) in [4.78, 5) is 4.22. The minimum absolute atomic E-state index is 0.696. The van der Waals surface area contributed by atoms with Gasteiger partial charge in [-0.25, -0.2) is 0 Å².